The SMILES string of the molecule is CCn1cc(Cl)c(CNC(COC)C2CCCOC2)n1. The van der Waals surface area contributed by atoms with Crippen LogP contribution in [-0.4, -0.2) is 42.8 Å². The van der Waals surface area contributed by atoms with Crippen molar-refractivity contribution in [3.05, 3.63) is 16.9 Å². The zero-order valence-corrected chi connectivity index (χ0v) is 13.0. The van der Waals surface area contributed by atoms with Crippen LogP contribution in [0.3, 0.4) is 0 Å². The minimum Gasteiger partial charge on any atom is -0.383 e. The maximum absolute atomic E-state index is 6.19. The number of halogens is 1. The van der Waals surface area contributed by atoms with E-state index in [4.69, 9.17) is 21.1 Å². The molecule has 0 aromatic carbocycles. The Morgan fingerprint density at radius 2 is 2.50 bits per heavy atom. The van der Waals surface area contributed by atoms with Gasteiger partial charge in [0.05, 0.1) is 23.9 Å². The lowest BCUT2D eigenvalue weighted by molar-refractivity contribution is 0.0219. The number of nitrogens with zero attached hydrogens (tertiary/aromatic N) is 2. The first-order valence-electron chi connectivity index (χ1n) is 7.26. The summed E-state index contributed by atoms with van der Waals surface area (Å²) in [6.07, 6.45) is 4.17. The van der Waals surface area contributed by atoms with Crippen LogP contribution in [0.4, 0.5) is 0 Å². The van der Waals surface area contributed by atoms with Gasteiger partial charge in [-0.3, -0.25) is 4.68 Å². The highest BCUT2D eigenvalue weighted by Gasteiger charge is 2.24. The highest BCUT2D eigenvalue weighted by molar-refractivity contribution is 6.31. The Kier molecular flexibility index (Phi) is 6.29. The molecule has 5 nitrogen and oxygen atoms in total. The second kappa shape index (κ2) is 7.98. The summed E-state index contributed by atoms with van der Waals surface area (Å²) < 4.78 is 12.7. The van der Waals surface area contributed by atoms with Crippen molar-refractivity contribution in [1.82, 2.24) is 15.1 Å². The third-order valence-corrected chi connectivity index (χ3v) is 4.07. The molecule has 1 fully saturated rings. The number of aromatic nitrogens is 2. The van der Waals surface area contributed by atoms with Crippen molar-refractivity contribution in [2.24, 2.45) is 5.92 Å². The van der Waals surface area contributed by atoms with Gasteiger partial charge in [0.15, 0.2) is 0 Å². The van der Waals surface area contributed by atoms with E-state index in [0.29, 0.717) is 19.1 Å². The maximum atomic E-state index is 6.19. The molecule has 0 spiro atoms. The van der Waals surface area contributed by atoms with Gasteiger partial charge in [-0.25, -0.2) is 0 Å². The molecule has 1 saturated heterocycles. The smallest absolute Gasteiger partial charge is 0.0948 e. The molecule has 0 saturated carbocycles. The normalized spacial score (nSPS) is 21.1. The molecule has 0 amide bonds. The molecule has 2 heterocycles. The molecule has 2 rings (SSSR count). The van der Waals surface area contributed by atoms with Crippen LogP contribution in [0.1, 0.15) is 25.5 Å². The quantitative estimate of drug-likeness (QED) is 0.838. The third-order valence-electron chi connectivity index (χ3n) is 3.75. The third kappa shape index (κ3) is 4.19. The molecule has 0 bridgehead atoms. The first-order chi connectivity index (χ1) is 9.74. The molecule has 0 aliphatic carbocycles. The van der Waals surface area contributed by atoms with Crippen LogP contribution in [0.15, 0.2) is 6.20 Å². The number of hydrogen-bond donors (Lipinski definition) is 1. The average molecular weight is 302 g/mol. The number of nitrogens with one attached hydrogen (secondary N) is 1. The van der Waals surface area contributed by atoms with Crippen molar-refractivity contribution in [2.45, 2.75) is 38.9 Å². The predicted octanol–water partition coefficient (Wildman–Crippen LogP) is 2.09. The van der Waals surface area contributed by atoms with Gasteiger partial charge in [0.1, 0.15) is 0 Å². The molecule has 0 radical (unpaired) electrons. The molecule has 2 unspecified atom stereocenters. The van der Waals surface area contributed by atoms with Gasteiger partial charge in [0.2, 0.25) is 0 Å². The van der Waals surface area contributed by atoms with Gasteiger partial charge in [0.25, 0.3) is 0 Å². The van der Waals surface area contributed by atoms with E-state index in [2.05, 4.69) is 10.4 Å². The van der Waals surface area contributed by atoms with Gasteiger partial charge < -0.3 is 14.8 Å². The second-order valence-corrected chi connectivity index (χ2v) is 5.61. The van der Waals surface area contributed by atoms with Gasteiger partial charge in [0, 0.05) is 39.0 Å². The first kappa shape index (κ1) is 15.8. The lowest BCUT2D eigenvalue weighted by Gasteiger charge is -2.30. The van der Waals surface area contributed by atoms with Crippen LogP contribution in [0.2, 0.25) is 5.02 Å². The topological polar surface area (TPSA) is 48.3 Å². The van der Waals surface area contributed by atoms with Gasteiger partial charge in [-0.15, -0.1) is 0 Å². The van der Waals surface area contributed by atoms with E-state index in [1.165, 1.54) is 6.42 Å². The monoisotopic (exact) mass is 301 g/mol. The van der Waals surface area contributed by atoms with Crippen LogP contribution in [-0.2, 0) is 22.6 Å². The lowest BCUT2D eigenvalue weighted by atomic mass is 9.94. The van der Waals surface area contributed by atoms with Crippen LogP contribution in [0.25, 0.3) is 0 Å². The van der Waals surface area contributed by atoms with E-state index in [0.717, 1.165) is 36.9 Å². The fourth-order valence-electron chi connectivity index (χ4n) is 2.57. The van der Waals surface area contributed by atoms with Crippen LogP contribution in [0.5, 0.6) is 0 Å². The molecule has 1 aliphatic heterocycles. The number of ether oxygens (including phenoxy) is 2. The maximum Gasteiger partial charge on any atom is 0.0948 e. The van der Waals surface area contributed by atoms with Crippen molar-refractivity contribution in [1.29, 1.82) is 0 Å². The van der Waals surface area contributed by atoms with Crippen LogP contribution >= 0.6 is 11.6 Å². The van der Waals surface area contributed by atoms with E-state index < -0.39 is 0 Å². The summed E-state index contributed by atoms with van der Waals surface area (Å²) in [4.78, 5) is 0. The van der Waals surface area contributed by atoms with Crippen LogP contribution < -0.4 is 5.32 Å². The zero-order valence-electron chi connectivity index (χ0n) is 12.3. The minimum absolute atomic E-state index is 0.281. The second-order valence-electron chi connectivity index (χ2n) is 5.20. The summed E-state index contributed by atoms with van der Waals surface area (Å²) in [5.74, 6) is 0.496. The van der Waals surface area contributed by atoms with Crippen molar-refractivity contribution in [3.8, 4) is 0 Å². The van der Waals surface area contributed by atoms with Gasteiger partial charge in [-0.05, 0) is 25.7 Å². The Hall–Kier alpha value is -0.620. The van der Waals surface area contributed by atoms with Crippen LogP contribution in [0, 0.1) is 5.92 Å². The average Bonchev–Trinajstić information content (AvgIpc) is 2.85. The molecular formula is C14H24ClN3O2. The minimum atomic E-state index is 0.281. The van der Waals surface area contributed by atoms with E-state index in [-0.39, 0.29) is 6.04 Å². The highest BCUT2D eigenvalue weighted by Crippen LogP contribution is 2.19. The Bertz CT molecular complexity index is 405. The molecule has 20 heavy (non-hydrogen) atoms. The van der Waals surface area contributed by atoms with E-state index in [1.54, 1.807) is 7.11 Å². The van der Waals surface area contributed by atoms with E-state index >= 15 is 0 Å². The number of methoxy groups -OCH3 is 1. The summed E-state index contributed by atoms with van der Waals surface area (Å²) in [5, 5.41) is 8.69. The number of rotatable bonds is 7. The Morgan fingerprint density at radius 1 is 1.65 bits per heavy atom. The highest BCUT2D eigenvalue weighted by atomic mass is 35.5. The van der Waals surface area contributed by atoms with Crippen molar-refractivity contribution in [3.63, 3.8) is 0 Å². The van der Waals surface area contributed by atoms with Gasteiger partial charge in [-0.1, -0.05) is 11.6 Å². The molecule has 1 aliphatic rings. The summed E-state index contributed by atoms with van der Waals surface area (Å²) in [7, 11) is 1.73. The molecule has 1 aromatic rings. The Balaban J connectivity index is 1.91. The fourth-order valence-corrected chi connectivity index (χ4v) is 2.79. The standard InChI is InChI=1S/C14H24ClN3O2/c1-3-18-8-12(15)13(17-18)7-16-14(10-19-2)11-5-4-6-20-9-11/h8,11,14,16H,3-7,9-10H2,1-2H3. The first-order valence-corrected chi connectivity index (χ1v) is 7.64. The molecule has 6 heteroatoms. The zero-order chi connectivity index (χ0) is 14.4. The van der Waals surface area contributed by atoms with Gasteiger partial charge in [-0.2, -0.15) is 5.10 Å². The summed E-state index contributed by atoms with van der Waals surface area (Å²) >= 11 is 6.19. The largest absolute Gasteiger partial charge is 0.383 e. The summed E-state index contributed by atoms with van der Waals surface area (Å²) in [6.45, 7) is 5.91. The lowest BCUT2D eigenvalue weighted by Crippen LogP contribution is -2.43. The molecule has 1 N–H and O–H groups in total. The molecular weight excluding hydrogens is 278 g/mol. The Morgan fingerprint density at radius 3 is 3.10 bits per heavy atom. The molecule has 1 aromatic heterocycles. The van der Waals surface area contributed by atoms with Crippen molar-refractivity contribution < 1.29 is 9.47 Å². The number of aryl methyl sites for hydroxylation is 1. The van der Waals surface area contributed by atoms with E-state index in [1.807, 2.05) is 17.8 Å². The molecule has 2 atom stereocenters. The fraction of sp³-hybridized carbons (Fsp3) is 0.786. The van der Waals surface area contributed by atoms with E-state index in [9.17, 15) is 0 Å². The predicted molar refractivity (Wildman–Crippen MR) is 79.0 cm³/mol. The molecule has 114 valence electrons. The summed E-state index contributed by atoms with van der Waals surface area (Å²) in [6, 6.07) is 0.281. The van der Waals surface area contributed by atoms with Crippen molar-refractivity contribution in [2.75, 3.05) is 26.9 Å². The van der Waals surface area contributed by atoms with Crippen molar-refractivity contribution >= 4 is 11.6 Å². The summed E-state index contributed by atoms with van der Waals surface area (Å²) in [5.41, 5.74) is 0.895. The number of hydrogen-bond acceptors (Lipinski definition) is 4. The van der Waals surface area contributed by atoms with Gasteiger partial charge >= 0.3 is 0 Å². The Labute approximate surface area is 125 Å².